The van der Waals surface area contributed by atoms with Crippen LogP contribution in [0.2, 0.25) is 5.02 Å². The van der Waals surface area contributed by atoms with Crippen molar-refractivity contribution in [1.29, 1.82) is 0 Å². The molecule has 0 fully saturated rings. The van der Waals surface area contributed by atoms with Crippen LogP contribution in [0.1, 0.15) is 6.92 Å². The summed E-state index contributed by atoms with van der Waals surface area (Å²) in [5, 5.41) is 0.418. The predicted molar refractivity (Wildman–Crippen MR) is 49.3 cm³/mol. The highest BCUT2D eigenvalue weighted by Crippen LogP contribution is 2.28. The third-order valence-electron chi connectivity index (χ3n) is 1.38. The second-order valence-electron chi connectivity index (χ2n) is 2.39. The lowest BCUT2D eigenvalue weighted by Crippen LogP contribution is -2.01. The molecule has 1 rings (SSSR count). The van der Waals surface area contributed by atoms with Gasteiger partial charge in [-0.3, -0.25) is 4.79 Å². The molecule has 0 heterocycles. The molecule has 4 heteroatoms. The highest BCUT2D eigenvalue weighted by Gasteiger charge is 2.03. The quantitative estimate of drug-likeness (QED) is 0.543. The number of ether oxygens (including phenoxy) is 2. The maximum Gasteiger partial charge on any atom is 0.308 e. The van der Waals surface area contributed by atoms with Crippen molar-refractivity contribution in [3.63, 3.8) is 0 Å². The fraction of sp³-hybridized carbons (Fsp3) is 0.222. The molecule has 70 valence electrons. The summed E-state index contributed by atoms with van der Waals surface area (Å²) in [4.78, 5) is 10.6. The average Bonchev–Trinajstić information content (AvgIpc) is 2.03. The Balaban J connectivity index is 2.89. The molecule has 0 saturated carbocycles. The van der Waals surface area contributed by atoms with Crippen LogP contribution in [0.3, 0.4) is 0 Å². The SMILES string of the molecule is COc1ccc(OC(C)=O)cc1Cl. The minimum atomic E-state index is -0.374. The van der Waals surface area contributed by atoms with Gasteiger partial charge in [0.25, 0.3) is 0 Å². The third kappa shape index (κ3) is 2.63. The molecule has 0 atom stereocenters. The Labute approximate surface area is 81.2 Å². The first-order valence-electron chi connectivity index (χ1n) is 3.65. The number of rotatable bonds is 2. The Bertz CT molecular complexity index is 323. The molecule has 1 aromatic carbocycles. The second kappa shape index (κ2) is 4.14. The van der Waals surface area contributed by atoms with E-state index in [0.717, 1.165) is 0 Å². The van der Waals surface area contributed by atoms with E-state index >= 15 is 0 Å². The van der Waals surface area contributed by atoms with E-state index in [1.54, 1.807) is 12.1 Å². The largest absolute Gasteiger partial charge is 0.495 e. The smallest absolute Gasteiger partial charge is 0.308 e. The lowest BCUT2D eigenvalue weighted by Gasteiger charge is -2.04. The molecule has 0 bridgehead atoms. The van der Waals surface area contributed by atoms with Crippen molar-refractivity contribution in [3.05, 3.63) is 23.2 Å². The van der Waals surface area contributed by atoms with Gasteiger partial charge in [0, 0.05) is 13.0 Å². The molecule has 0 aliphatic rings. The summed E-state index contributed by atoms with van der Waals surface area (Å²) in [5.41, 5.74) is 0. The molecule has 13 heavy (non-hydrogen) atoms. The van der Waals surface area contributed by atoms with Crippen LogP contribution < -0.4 is 9.47 Å². The van der Waals surface area contributed by atoms with Gasteiger partial charge in [0.2, 0.25) is 0 Å². The van der Waals surface area contributed by atoms with Crippen molar-refractivity contribution in [1.82, 2.24) is 0 Å². The predicted octanol–water partition coefficient (Wildman–Crippen LogP) is 2.27. The summed E-state index contributed by atoms with van der Waals surface area (Å²) < 4.78 is 9.75. The van der Waals surface area contributed by atoms with Crippen LogP contribution in [0.5, 0.6) is 11.5 Å². The average molecular weight is 201 g/mol. The van der Waals surface area contributed by atoms with E-state index in [9.17, 15) is 4.79 Å². The van der Waals surface area contributed by atoms with Crippen LogP contribution in [-0.2, 0) is 4.79 Å². The van der Waals surface area contributed by atoms with E-state index < -0.39 is 0 Å². The van der Waals surface area contributed by atoms with Gasteiger partial charge in [0.05, 0.1) is 12.1 Å². The number of methoxy groups -OCH3 is 1. The minimum Gasteiger partial charge on any atom is -0.495 e. The van der Waals surface area contributed by atoms with E-state index in [4.69, 9.17) is 21.1 Å². The number of benzene rings is 1. The van der Waals surface area contributed by atoms with E-state index in [1.165, 1.54) is 20.1 Å². The molecule has 1 aromatic rings. The van der Waals surface area contributed by atoms with Gasteiger partial charge < -0.3 is 9.47 Å². The normalized spacial score (nSPS) is 9.46. The van der Waals surface area contributed by atoms with Crippen molar-refractivity contribution >= 4 is 17.6 Å². The highest BCUT2D eigenvalue weighted by molar-refractivity contribution is 6.32. The summed E-state index contributed by atoms with van der Waals surface area (Å²) in [6.07, 6.45) is 0. The molecule has 0 saturated heterocycles. The molecular formula is C9H9ClO3. The number of carbonyl (C=O) groups is 1. The molecule has 0 spiro atoms. The lowest BCUT2D eigenvalue weighted by molar-refractivity contribution is -0.131. The number of esters is 1. The monoisotopic (exact) mass is 200 g/mol. The van der Waals surface area contributed by atoms with E-state index in [-0.39, 0.29) is 5.97 Å². The Morgan fingerprint density at radius 2 is 2.15 bits per heavy atom. The zero-order valence-electron chi connectivity index (χ0n) is 7.33. The Morgan fingerprint density at radius 3 is 2.62 bits per heavy atom. The van der Waals surface area contributed by atoms with Gasteiger partial charge in [-0.1, -0.05) is 11.6 Å². The van der Waals surface area contributed by atoms with Crippen molar-refractivity contribution < 1.29 is 14.3 Å². The molecule has 0 radical (unpaired) electrons. The first kappa shape index (κ1) is 9.86. The van der Waals surface area contributed by atoms with Gasteiger partial charge in [0.15, 0.2) is 0 Å². The molecule has 3 nitrogen and oxygen atoms in total. The molecule has 0 aromatic heterocycles. The van der Waals surface area contributed by atoms with Crippen LogP contribution in [-0.4, -0.2) is 13.1 Å². The maximum atomic E-state index is 10.6. The fourth-order valence-electron chi connectivity index (χ4n) is 0.877. The summed E-state index contributed by atoms with van der Waals surface area (Å²) in [7, 11) is 1.52. The maximum absolute atomic E-state index is 10.6. The summed E-state index contributed by atoms with van der Waals surface area (Å²) in [5.74, 6) is 0.595. The van der Waals surface area contributed by atoms with Crippen molar-refractivity contribution in [2.75, 3.05) is 7.11 Å². The van der Waals surface area contributed by atoms with Crippen molar-refractivity contribution in [2.45, 2.75) is 6.92 Å². The molecule has 0 N–H and O–H groups in total. The summed E-state index contributed by atoms with van der Waals surface area (Å²) in [6.45, 7) is 1.33. The van der Waals surface area contributed by atoms with Gasteiger partial charge in [-0.15, -0.1) is 0 Å². The van der Waals surface area contributed by atoms with Crippen LogP contribution in [0.25, 0.3) is 0 Å². The third-order valence-corrected chi connectivity index (χ3v) is 1.68. The topological polar surface area (TPSA) is 35.5 Å². The first-order valence-corrected chi connectivity index (χ1v) is 4.03. The minimum absolute atomic E-state index is 0.374. The van der Waals surface area contributed by atoms with Crippen molar-refractivity contribution in [2.24, 2.45) is 0 Å². The summed E-state index contributed by atoms with van der Waals surface area (Å²) in [6, 6.07) is 4.79. The van der Waals surface area contributed by atoms with Gasteiger partial charge in [-0.25, -0.2) is 0 Å². The number of halogens is 1. The van der Waals surface area contributed by atoms with Gasteiger partial charge in [-0.05, 0) is 12.1 Å². The number of hydrogen-bond donors (Lipinski definition) is 0. The van der Waals surface area contributed by atoms with Crippen LogP contribution in [0.15, 0.2) is 18.2 Å². The zero-order chi connectivity index (χ0) is 9.84. The fourth-order valence-corrected chi connectivity index (χ4v) is 1.12. The van der Waals surface area contributed by atoms with E-state index in [1.807, 2.05) is 0 Å². The number of hydrogen-bond acceptors (Lipinski definition) is 3. The number of carbonyl (C=O) groups excluding carboxylic acids is 1. The molecule has 0 aliphatic carbocycles. The van der Waals surface area contributed by atoms with E-state index in [2.05, 4.69) is 0 Å². The molecule has 0 amide bonds. The Hall–Kier alpha value is -1.22. The molecule has 0 unspecified atom stereocenters. The molecular weight excluding hydrogens is 192 g/mol. The summed E-state index contributed by atoms with van der Waals surface area (Å²) >= 11 is 5.80. The zero-order valence-corrected chi connectivity index (χ0v) is 8.09. The Morgan fingerprint density at radius 1 is 1.46 bits per heavy atom. The first-order chi connectivity index (χ1) is 6.13. The van der Waals surface area contributed by atoms with Gasteiger partial charge in [0.1, 0.15) is 11.5 Å². The molecule has 0 aliphatic heterocycles. The van der Waals surface area contributed by atoms with Gasteiger partial charge >= 0.3 is 5.97 Å². The van der Waals surface area contributed by atoms with Crippen LogP contribution in [0, 0.1) is 0 Å². The van der Waals surface area contributed by atoms with E-state index in [0.29, 0.717) is 16.5 Å². The Kier molecular flexibility index (Phi) is 3.14. The standard InChI is InChI=1S/C9H9ClO3/c1-6(11)13-7-3-4-9(12-2)8(10)5-7/h3-5H,1-2H3. The highest BCUT2D eigenvalue weighted by atomic mass is 35.5. The van der Waals surface area contributed by atoms with Gasteiger partial charge in [-0.2, -0.15) is 0 Å². The second-order valence-corrected chi connectivity index (χ2v) is 2.80. The lowest BCUT2D eigenvalue weighted by atomic mass is 10.3. The van der Waals surface area contributed by atoms with Crippen LogP contribution in [0.4, 0.5) is 0 Å². The van der Waals surface area contributed by atoms with Crippen LogP contribution >= 0.6 is 11.6 Å². The van der Waals surface area contributed by atoms with Crippen molar-refractivity contribution in [3.8, 4) is 11.5 Å².